The topological polar surface area (TPSA) is 55.1 Å². The molecular formula is C12H11ClN2O2. The number of hydrogen-bond acceptors (Lipinski definition) is 2. The number of nitrogens with zero attached hydrogens (tertiary/aromatic N) is 2. The summed E-state index contributed by atoms with van der Waals surface area (Å²) in [4.78, 5) is 10.8. The van der Waals surface area contributed by atoms with Crippen LogP contribution in [0.25, 0.3) is 5.69 Å². The van der Waals surface area contributed by atoms with Crippen molar-refractivity contribution in [3.8, 4) is 5.69 Å². The summed E-state index contributed by atoms with van der Waals surface area (Å²) in [6.07, 6.45) is 3.27. The summed E-state index contributed by atoms with van der Waals surface area (Å²) < 4.78 is 1.63. The molecule has 0 saturated carbocycles. The van der Waals surface area contributed by atoms with Crippen LogP contribution >= 0.6 is 11.6 Å². The first kappa shape index (κ1) is 11.7. The van der Waals surface area contributed by atoms with Crippen LogP contribution in [0.15, 0.2) is 36.7 Å². The molecule has 0 spiro atoms. The zero-order valence-corrected chi connectivity index (χ0v) is 9.93. The van der Waals surface area contributed by atoms with Gasteiger partial charge in [-0.25, -0.2) is 4.68 Å². The Morgan fingerprint density at radius 2 is 2.06 bits per heavy atom. The van der Waals surface area contributed by atoms with Crippen molar-refractivity contribution >= 4 is 17.6 Å². The zero-order valence-electron chi connectivity index (χ0n) is 9.17. The molecule has 0 radical (unpaired) electrons. The minimum atomic E-state index is -0.861. The highest BCUT2D eigenvalue weighted by Crippen LogP contribution is 2.17. The van der Waals surface area contributed by atoms with E-state index in [4.69, 9.17) is 16.7 Å². The van der Waals surface area contributed by atoms with Gasteiger partial charge in [-0.2, -0.15) is 5.10 Å². The van der Waals surface area contributed by atoms with Crippen LogP contribution in [-0.2, 0) is 4.79 Å². The van der Waals surface area contributed by atoms with Gasteiger partial charge in [-0.15, -0.1) is 0 Å². The van der Waals surface area contributed by atoms with Gasteiger partial charge in [0.05, 0.1) is 17.8 Å². The molecule has 0 bridgehead atoms. The molecule has 0 fully saturated rings. The number of hydrogen-bond donors (Lipinski definition) is 1. The first-order valence-corrected chi connectivity index (χ1v) is 5.49. The molecular weight excluding hydrogens is 240 g/mol. The van der Waals surface area contributed by atoms with E-state index < -0.39 is 11.9 Å². The van der Waals surface area contributed by atoms with Gasteiger partial charge in [0, 0.05) is 16.8 Å². The number of carbonyl (C=O) groups is 1. The molecule has 5 heteroatoms. The molecule has 17 heavy (non-hydrogen) atoms. The molecule has 1 aromatic heterocycles. The number of rotatable bonds is 3. The van der Waals surface area contributed by atoms with Crippen LogP contribution in [0, 0.1) is 0 Å². The highest BCUT2D eigenvalue weighted by Gasteiger charge is 2.15. The van der Waals surface area contributed by atoms with Crippen molar-refractivity contribution < 1.29 is 9.90 Å². The number of aliphatic carboxylic acids is 1. The fourth-order valence-electron chi connectivity index (χ4n) is 1.44. The minimum Gasteiger partial charge on any atom is -0.481 e. The maximum atomic E-state index is 10.8. The van der Waals surface area contributed by atoms with Gasteiger partial charge < -0.3 is 5.11 Å². The van der Waals surface area contributed by atoms with Crippen molar-refractivity contribution in [1.29, 1.82) is 0 Å². The second kappa shape index (κ2) is 4.59. The lowest BCUT2D eigenvalue weighted by atomic mass is 10.1. The molecule has 0 saturated heterocycles. The molecule has 2 aromatic rings. The van der Waals surface area contributed by atoms with E-state index in [9.17, 15) is 4.79 Å². The maximum absolute atomic E-state index is 10.8. The predicted molar refractivity (Wildman–Crippen MR) is 64.6 cm³/mol. The van der Waals surface area contributed by atoms with Crippen LogP contribution in [-0.4, -0.2) is 20.9 Å². The normalized spacial score (nSPS) is 12.4. The van der Waals surface area contributed by atoms with Gasteiger partial charge in [0.15, 0.2) is 0 Å². The molecule has 1 unspecified atom stereocenters. The van der Waals surface area contributed by atoms with Crippen molar-refractivity contribution in [1.82, 2.24) is 9.78 Å². The first-order chi connectivity index (χ1) is 8.08. The Hall–Kier alpha value is -1.81. The van der Waals surface area contributed by atoms with E-state index in [0.717, 1.165) is 5.69 Å². The molecule has 0 aliphatic heterocycles. The average molecular weight is 251 g/mol. The van der Waals surface area contributed by atoms with Gasteiger partial charge >= 0.3 is 5.97 Å². The van der Waals surface area contributed by atoms with Crippen molar-refractivity contribution in [2.24, 2.45) is 0 Å². The number of carboxylic acid groups (broad SMARTS) is 1. The molecule has 1 atom stereocenters. The van der Waals surface area contributed by atoms with E-state index in [1.807, 2.05) is 12.1 Å². The Labute approximate surface area is 103 Å². The smallest absolute Gasteiger partial charge is 0.310 e. The third-order valence-corrected chi connectivity index (χ3v) is 2.82. The van der Waals surface area contributed by atoms with E-state index in [1.54, 1.807) is 36.1 Å². The zero-order chi connectivity index (χ0) is 12.4. The van der Waals surface area contributed by atoms with Gasteiger partial charge in [-0.1, -0.05) is 11.6 Å². The quantitative estimate of drug-likeness (QED) is 0.911. The third-order valence-electron chi connectivity index (χ3n) is 2.56. The summed E-state index contributed by atoms with van der Waals surface area (Å²) in [7, 11) is 0. The molecule has 0 aliphatic carbocycles. The Kier molecular flexibility index (Phi) is 3.15. The standard InChI is InChI=1S/C12H11ClN2O2/c1-8(12(16)17)9-6-14-15(7-9)11-4-2-10(13)3-5-11/h2-8H,1H3,(H,16,17). The highest BCUT2D eigenvalue weighted by molar-refractivity contribution is 6.30. The van der Waals surface area contributed by atoms with Crippen molar-refractivity contribution in [3.63, 3.8) is 0 Å². The van der Waals surface area contributed by atoms with Crippen LogP contribution in [0.1, 0.15) is 18.4 Å². The SMILES string of the molecule is CC(C(=O)O)c1cnn(-c2ccc(Cl)cc2)c1. The highest BCUT2D eigenvalue weighted by atomic mass is 35.5. The number of halogens is 1. The minimum absolute atomic E-state index is 0.559. The predicted octanol–water partition coefficient (Wildman–Crippen LogP) is 2.71. The third kappa shape index (κ3) is 2.47. The maximum Gasteiger partial charge on any atom is 0.310 e. The molecule has 1 N–H and O–H groups in total. The van der Waals surface area contributed by atoms with Gasteiger partial charge in [0.1, 0.15) is 0 Å². The number of aromatic nitrogens is 2. The summed E-state index contributed by atoms with van der Waals surface area (Å²) in [6.45, 7) is 1.63. The number of carboxylic acids is 1. The summed E-state index contributed by atoms with van der Waals surface area (Å²) in [6, 6.07) is 7.17. The second-order valence-electron chi connectivity index (χ2n) is 3.75. The molecule has 0 aliphatic rings. The molecule has 2 rings (SSSR count). The average Bonchev–Trinajstić information content (AvgIpc) is 2.78. The van der Waals surface area contributed by atoms with Crippen molar-refractivity contribution in [2.45, 2.75) is 12.8 Å². The van der Waals surface area contributed by atoms with Crippen LogP contribution in [0.4, 0.5) is 0 Å². The van der Waals surface area contributed by atoms with Crippen LogP contribution in [0.3, 0.4) is 0 Å². The van der Waals surface area contributed by atoms with Gasteiger partial charge in [-0.3, -0.25) is 4.79 Å². The lowest BCUT2D eigenvalue weighted by Gasteiger charge is -2.02. The molecule has 1 aromatic carbocycles. The number of benzene rings is 1. The summed E-state index contributed by atoms with van der Waals surface area (Å²) in [5.74, 6) is -1.42. The monoisotopic (exact) mass is 250 g/mol. The van der Waals surface area contributed by atoms with E-state index >= 15 is 0 Å². The Morgan fingerprint density at radius 1 is 1.41 bits per heavy atom. The fraction of sp³-hybridized carbons (Fsp3) is 0.167. The molecule has 0 amide bonds. The Balaban J connectivity index is 2.29. The molecule has 4 nitrogen and oxygen atoms in total. The van der Waals surface area contributed by atoms with Crippen LogP contribution in [0.5, 0.6) is 0 Å². The van der Waals surface area contributed by atoms with E-state index in [2.05, 4.69) is 5.10 Å². The van der Waals surface area contributed by atoms with Crippen molar-refractivity contribution in [2.75, 3.05) is 0 Å². The second-order valence-corrected chi connectivity index (χ2v) is 4.19. The first-order valence-electron chi connectivity index (χ1n) is 5.11. The van der Waals surface area contributed by atoms with Crippen LogP contribution in [0.2, 0.25) is 5.02 Å². The lowest BCUT2D eigenvalue weighted by Crippen LogP contribution is -2.06. The van der Waals surface area contributed by atoms with Gasteiger partial charge in [-0.05, 0) is 31.2 Å². The van der Waals surface area contributed by atoms with E-state index in [-0.39, 0.29) is 0 Å². The Bertz CT molecular complexity index is 534. The van der Waals surface area contributed by atoms with Gasteiger partial charge in [0.2, 0.25) is 0 Å². The fourth-order valence-corrected chi connectivity index (χ4v) is 1.56. The summed E-state index contributed by atoms with van der Waals surface area (Å²) in [5, 5.41) is 13.7. The largest absolute Gasteiger partial charge is 0.481 e. The van der Waals surface area contributed by atoms with Crippen LogP contribution < -0.4 is 0 Å². The lowest BCUT2D eigenvalue weighted by molar-refractivity contribution is -0.138. The van der Waals surface area contributed by atoms with E-state index in [1.165, 1.54) is 0 Å². The molecule has 1 heterocycles. The molecule has 88 valence electrons. The van der Waals surface area contributed by atoms with Crippen molar-refractivity contribution in [3.05, 3.63) is 47.2 Å². The van der Waals surface area contributed by atoms with Gasteiger partial charge in [0.25, 0.3) is 0 Å². The Morgan fingerprint density at radius 3 is 2.65 bits per heavy atom. The van der Waals surface area contributed by atoms with E-state index in [0.29, 0.717) is 10.6 Å². The summed E-state index contributed by atoms with van der Waals surface area (Å²) >= 11 is 5.79. The summed E-state index contributed by atoms with van der Waals surface area (Å²) in [5.41, 5.74) is 1.52.